The van der Waals surface area contributed by atoms with Crippen LogP contribution >= 0.6 is 0 Å². The van der Waals surface area contributed by atoms with Crippen LogP contribution in [0.1, 0.15) is 36.1 Å². The highest BCUT2D eigenvalue weighted by atomic mass is 16.5. The molecule has 2 aromatic carbocycles. The fourth-order valence-corrected chi connectivity index (χ4v) is 4.20. The molecular weight excluding hydrogens is 414 g/mol. The number of nitrogens with zero attached hydrogens (tertiary/aromatic N) is 2. The zero-order valence-corrected chi connectivity index (χ0v) is 19.2. The summed E-state index contributed by atoms with van der Waals surface area (Å²) < 4.78 is 13.3. The highest BCUT2D eigenvalue weighted by Crippen LogP contribution is 2.37. The van der Waals surface area contributed by atoms with Crippen LogP contribution in [0.25, 0.3) is 10.9 Å². The summed E-state index contributed by atoms with van der Waals surface area (Å²) in [5.41, 5.74) is 4.06. The zero-order valence-electron chi connectivity index (χ0n) is 19.2. The lowest BCUT2D eigenvalue weighted by Crippen LogP contribution is -2.25. The largest absolute Gasteiger partial charge is 0.497 e. The Balaban J connectivity index is 1.73. The van der Waals surface area contributed by atoms with Gasteiger partial charge in [0.2, 0.25) is 5.91 Å². The minimum absolute atomic E-state index is 0.0410. The molecule has 4 aromatic rings. The van der Waals surface area contributed by atoms with Crippen LogP contribution in [0.2, 0.25) is 0 Å². The standard InChI is InChI=1S/C27H29N3O3/c1-4-30-18-25(23-10-5-6-11-26(23)30)24(19-13-21(32-2)15-22(14-19)33-3)16-27(31)29-17-20-9-7-8-12-28-20/h5-15,18,24H,4,16-17H2,1-3H3,(H,29,31)/t24-/m1/s1. The molecule has 0 radical (unpaired) electrons. The first-order valence-corrected chi connectivity index (χ1v) is 11.1. The Labute approximate surface area is 194 Å². The number of benzene rings is 2. The molecule has 170 valence electrons. The third-order valence-corrected chi connectivity index (χ3v) is 5.89. The summed E-state index contributed by atoms with van der Waals surface area (Å²) in [4.78, 5) is 17.4. The van der Waals surface area contributed by atoms with Gasteiger partial charge in [-0.25, -0.2) is 0 Å². The van der Waals surface area contributed by atoms with E-state index < -0.39 is 0 Å². The van der Waals surface area contributed by atoms with Crippen LogP contribution in [0.4, 0.5) is 0 Å². The molecule has 6 nitrogen and oxygen atoms in total. The second-order valence-corrected chi connectivity index (χ2v) is 7.89. The highest BCUT2D eigenvalue weighted by molar-refractivity contribution is 5.86. The van der Waals surface area contributed by atoms with E-state index >= 15 is 0 Å². The van der Waals surface area contributed by atoms with Gasteiger partial charge >= 0.3 is 0 Å². The number of fused-ring (bicyclic) bond motifs is 1. The number of aromatic nitrogens is 2. The molecule has 0 bridgehead atoms. The summed E-state index contributed by atoms with van der Waals surface area (Å²) in [5.74, 6) is 1.18. The van der Waals surface area contributed by atoms with E-state index in [9.17, 15) is 4.79 Å². The Morgan fingerprint density at radius 2 is 1.76 bits per heavy atom. The maximum Gasteiger partial charge on any atom is 0.221 e. The molecule has 33 heavy (non-hydrogen) atoms. The first kappa shape index (κ1) is 22.4. The van der Waals surface area contributed by atoms with Gasteiger partial charge in [0, 0.05) is 48.2 Å². The number of nitrogens with one attached hydrogen (secondary N) is 1. The summed E-state index contributed by atoms with van der Waals surface area (Å²) in [7, 11) is 3.27. The number of ether oxygens (including phenoxy) is 2. The lowest BCUT2D eigenvalue weighted by molar-refractivity contribution is -0.121. The number of hydrogen-bond donors (Lipinski definition) is 1. The highest BCUT2D eigenvalue weighted by Gasteiger charge is 2.24. The summed E-state index contributed by atoms with van der Waals surface area (Å²) in [5, 5.41) is 4.17. The van der Waals surface area contributed by atoms with Crippen molar-refractivity contribution in [2.24, 2.45) is 0 Å². The molecule has 0 saturated carbocycles. The fraction of sp³-hybridized carbons (Fsp3) is 0.259. The number of rotatable bonds is 9. The van der Waals surface area contributed by atoms with E-state index in [1.807, 2.05) is 48.5 Å². The number of carbonyl (C=O) groups excluding carboxylic acids is 1. The summed E-state index contributed by atoms with van der Waals surface area (Å²) in [6.45, 7) is 3.37. The minimum Gasteiger partial charge on any atom is -0.497 e. The topological polar surface area (TPSA) is 65.4 Å². The second kappa shape index (κ2) is 10.2. The maximum absolute atomic E-state index is 13.1. The monoisotopic (exact) mass is 443 g/mol. The molecule has 1 N–H and O–H groups in total. The average molecular weight is 444 g/mol. The van der Waals surface area contributed by atoms with Gasteiger partial charge in [0.05, 0.1) is 26.5 Å². The SMILES string of the molecule is CCn1cc([C@H](CC(=O)NCc2ccccn2)c2cc(OC)cc(OC)c2)c2ccccc21. The molecule has 4 rings (SSSR count). The van der Waals surface area contributed by atoms with Gasteiger partial charge in [-0.05, 0) is 48.4 Å². The Morgan fingerprint density at radius 1 is 1.03 bits per heavy atom. The normalized spacial score (nSPS) is 11.8. The van der Waals surface area contributed by atoms with Crippen LogP contribution in [0.5, 0.6) is 11.5 Å². The molecular formula is C27H29N3O3. The number of hydrogen-bond acceptors (Lipinski definition) is 4. The molecule has 0 saturated heterocycles. The number of aryl methyl sites for hydroxylation is 1. The molecule has 0 spiro atoms. The molecule has 0 aliphatic rings. The van der Waals surface area contributed by atoms with Crippen molar-refractivity contribution in [1.82, 2.24) is 14.9 Å². The molecule has 0 aliphatic heterocycles. The van der Waals surface area contributed by atoms with Crippen molar-refractivity contribution in [3.05, 3.63) is 89.9 Å². The third-order valence-electron chi connectivity index (χ3n) is 5.89. The minimum atomic E-state index is -0.171. The van der Waals surface area contributed by atoms with Gasteiger partial charge in [-0.2, -0.15) is 0 Å². The molecule has 0 aliphatic carbocycles. The van der Waals surface area contributed by atoms with Crippen molar-refractivity contribution in [3.63, 3.8) is 0 Å². The smallest absolute Gasteiger partial charge is 0.221 e. The zero-order chi connectivity index (χ0) is 23.2. The predicted molar refractivity (Wildman–Crippen MR) is 130 cm³/mol. The van der Waals surface area contributed by atoms with Crippen molar-refractivity contribution >= 4 is 16.8 Å². The number of methoxy groups -OCH3 is 2. The van der Waals surface area contributed by atoms with Crippen molar-refractivity contribution in [2.75, 3.05) is 14.2 Å². The van der Waals surface area contributed by atoms with E-state index in [2.05, 4.69) is 40.1 Å². The van der Waals surface area contributed by atoms with Crippen molar-refractivity contribution in [1.29, 1.82) is 0 Å². The Kier molecular flexibility index (Phi) is 6.93. The maximum atomic E-state index is 13.1. The van der Waals surface area contributed by atoms with E-state index in [0.717, 1.165) is 34.3 Å². The Morgan fingerprint density at radius 3 is 2.42 bits per heavy atom. The van der Waals surface area contributed by atoms with Gasteiger partial charge in [-0.3, -0.25) is 9.78 Å². The van der Waals surface area contributed by atoms with Gasteiger partial charge in [-0.1, -0.05) is 24.3 Å². The van der Waals surface area contributed by atoms with Gasteiger partial charge < -0.3 is 19.4 Å². The number of para-hydroxylation sites is 1. The number of carbonyl (C=O) groups is 1. The van der Waals surface area contributed by atoms with Crippen LogP contribution in [-0.4, -0.2) is 29.7 Å². The molecule has 2 heterocycles. The summed E-state index contributed by atoms with van der Waals surface area (Å²) >= 11 is 0. The Bertz CT molecular complexity index is 1210. The van der Waals surface area contributed by atoms with E-state index in [1.165, 1.54) is 0 Å². The quantitative estimate of drug-likeness (QED) is 0.399. The van der Waals surface area contributed by atoms with Crippen LogP contribution in [-0.2, 0) is 17.9 Å². The molecule has 0 unspecified atom stereocenters. The lowest BCUT2D eigenvalue weighted by atomic mass is 9.87. The van der Waals surface area contributed by atoms with E-state index in [0.29, 0.717) is 24.5 Å². The fourth-order valence-electron chi connectivity index (χ4n) is 4.20. The summed E-state index contributed by atoms with van der Waals surface area (Å²) in [6, 6.07) is 19.8. The number of pyridine rings is 1. The van der Waals surface area contributed by atoms with Gasteiger partial charge in [0.1, 0.15) is 11.5 Å². The van der Waals surface area contributed by atoms with Gasteiger partial charge in [-0.15, -0.1) is 0 Å². The van der Waals surface area contributed by atoms with Crippen molar-refractivity contribution in [2.45, 2.75) is 32.4 Å². The van der Waals surface area contributed by atoms with E-state index in [1.54, 1.807) is 20.4 Å². The first-order valence-electron chi connectivity index (χ1n) is 11.1. The second-order valence-electron chi connectivity index (χ2n) is 7.89. The Hall–Kier alpha value is -3.80. The lowest BCUT2D eigenvalue weighted by Gasteiger charge is -2.19. The molecule has 6 heteroatoms. The molecule has 1 atom stereocenters. The van der Waals surface area contributed by atoms with Gasteiger partial charge in [0.25, 0.3) is 0 Å². The third kappa shape index (κ3) is 5.00. The molecule has 1 amide bonds. The van der Waals surface area contributed by atoms with Crippen LogP contribution in [0.15, 0.2) is 73.1 Å². The van der Waals surface area contributed by atoms with E-state index in [4.69, 9.17) is 9.47 Å². The van der Waals surface area contributed by atoms with Crippen LogP contribution in [0, 0.1) is 0 Å². The summed E-state index contributed by atoms with van der Waals surface area (Å²) in [6.07, 6.45) is 4.18. The van der Waals surface area contributed by atoms with Crippen LogP contribution in [0.3, 0.4) is 0 Å². The van der Waals surface area contributed by atoms with Gasteiger partial charge in [0.15, 0.2) is 0 Å². The van der Waals surface area contributed by atoms with E-state index in [-0.39, 0.29) is 11.8 Å². The average Bonchev–Trinajstić information content (AvgIpc) is 3.25. The van der Waals surface area contributed by atoms with Crippen molar-refractivity contribution < 1.29 is 14.3 Å². The first-order chi connectivity index (χ1) is 16.1. The molecule has 2 aromatic heterocycles. The van der Waals surface area contributed by atoms with Crippen LogP contribution < -0.4 is 14.8 Å². The number of amides is 1. The predicted octanol–water partition coefficient (Wildman–Crippen LogP) is 4.91. The van der Waals surface area contributed by atoms with Crippen molar-refractivity contribution in [3.8, 4) is 11.5 Å². The molecule has 0 fully saturated rings.